The summed E-state index contributed by atoms with van der Waals surface area (Å²) in [6.07, 6.45) is 2.16. The van der Waals surface area contributed by atoms with E-state index in [2.05, 4.69) is 15.6 Å². The fourth-order valence-electron chi connectivity index (χ4n) is 2.97. The lowest BCUT2D eigenvalue weighted by Crippen LogP contribution is -2.39. The highest BCUT2D eigenvalue weighted by Gasteiger charge is 2.19. The van der Waals surface area contributed by atoms with Crippen molar-refractivity contribution in [2.45, 2.75) is 25.3 Å². The maximum Gasteiger partial charge on any atom is 0.269 e. The molecule has 0 bridgehead atoms. The Morgan fingerprint density at radius 2 is 1.85 bits per heavy atom. The van der Waals surface area contributed by atoms with Crippen LogP contribution in [0.25, 0.3) is 0 Å². The topological polar surface area (TPSA) is 80.3 Å². The second-order valence-electron chi connectivity index (χ2n) is 6.33. The van der Waals surface area contributed by atoms with Crippen molar-refractivity contribution in [2.24, 2.45) is 0 Å². The van der Waals surface area contributed by atoms with Crippen molar-refractivity contribution in [2.75, 3.05) is 20.3 Å². The molecule has 2 N–H and O–H groups in total. The van der Waals surface area contributed by atoms with E-state index in [1.54, 1.807) is 19.2 Å². The molecule has 2 amide bonds. The first-order valence-corrected chi connectivity index (χ1v) is 8.81. The van der Waals surface area contributed by atoms with E-state index in [4.69, 9.17) is 4.74 Å². The van der Waals surface area contributed by atoms with Crippen LogP contribution in [-0.2, 0) is 11.2 Å². The second-order valence-corrected chi connectivity index (χ2v) is 6.33. The third kappa shape index (κ3) is 4.67. The van der Waals surface area contributed by atoms with E-state index < -0.39 is 0 Å². The first-order chi connectivity index (χ1) is 12.7. The first kappa shape index (κ1) is 18.1. The van der Waals surface area contributed by atoms with Gasteiger partial charge < -0.3 is 15.4 Å². The van der Waals surface area contributed by atoms with Crippen molar-refractivity contribution in [1.29, 1.82) is 0 Å². The van der Waals surface area contributed by atoms with Crippen molar-refractivity contribution in [3.05, 3.63) is 65.0 Å². The van der Waals surface area contributed by atoms with E-state index >= 15 is 0 Å². The number of aromatic nitrogens is 1. The lowest BCUT2D eigenvalue weighted by molar-refractivity contribution is 0.0696. The number of nitrogens with zero attached hydrogens (tertiary/aromatic N) is 1. The molecule has 3 rings (SSSR count). The van der Waals surface area contributed by atoms with E-state index in [0.29, 0.717) is 30.9 Å². The van der Waals surface area contributed by atoms with Gasteiger partial charge in [0.05, 0.1) is 0 Å². The number of carbonyl (C=O) groups excluding carboxylic acids is 2. The molecular weight excluding hydrogens is 330 g/mol. The quantitative estimate of drug-likeness (QED) is 0.861. The van der Waals surface area contributed by atoms with Gasteiger partial charge in [0, 0.05) is 44.0 Å². The smallest absolute Gasteiger partial charge is 0.269 e. The summed E-state index contributed by atoms with van der Waals surface area (Å²) < 4.78 is 5.32. The average molecular weight is 353 g/mol. The van der Waals surface area contributed by atoms with E-state index in [1.807, 2.05) is 30.3 Å². The second kappa shape index (κ2) is 8.58. The lowest BCUT2D eigenvalue weighted by atomic mass is 10.0. The van der Waals surface area contributed by atoms with Gasteiger partial charge in [0.15, 0.2) is 0 Å². The molecule has 0 radical (unpaired) electrons. The van der Waals surface area contributed by atoms with Crippen LogP contribution < -0.4 is 10.6 Å². The minimum Gasteiger partial charge on any atom is -0.381 e. The Kier molecular flexibility index (Phi) is 5.96. The highest BCUT2D eigenvalue weighted by molar-refractivity contribution is 5.98. The Hall–Kier alpha value is -2.73. The van der Waals surface area contributed by atoms with Gasteiger partial charge in [0.25, 0.3) is 11.8 Å². The molecular formula is C20H23N3O3. The fourth-order valence-corrected chi connectivity index (χ4v) is 2.97. The number of amides is 2. The molecule has 26 heavy (non-hydrogen) atoms. The molecule has 136 valence electrons. The maximum absolute atomic E-state index is 12.7. The van der Waals surface area contributed by atoms with Gasteiger partial charge in [0.1, 0.15) is 5.69 Å². The molecule has 6 heteroatoms. The Balaban J connectivity index is 1.84. The van der Waals surface area contributed by atoms with E-state index in [1.165, 1.54) is 0 Å². The molecule has 1 aliphatic heterocycles. The average Bonchev–Trinajstić information content (AvgIpc) is 2.68. The van der Waals surface area contributed by atoms with Gasteiger partial charge in [-0.15, -0.1) is 0 Å². The van der Waals surface area contributed by atoms with Crippen molar-refractivity contribution in [3.63, 3.8) is 0 Å². The van der Waals surface area contributed by atoms with E-state index in [0.717, 1.165) is 18.4 Å². The van der Waals surface area contributed by atoms with Crippen LogP contribution in [0.1, 0.15) is 44.9 Å². The number of pyridine rings is 1. The third-order valence-electron chi connectivity index (χ3n) is 4.38. The minimum absolute atomic E-state index is 0.102. The van der Waals surface area contributed by atoms with Gasteiger partial charge in [-0.3, -0.25) is 9.59 Å². The Bertz CT molecular complexity index is 771. The molecule has 0 unspecified atom stereocenters. The molecule has 1 aromatic carbocycles. The zero-order valence-electron chi connectivity index (χ0n) is 14.8. The Morgan fingerprint density at radius 1 is 1.12 bits per heavy atom. The summed E-state index contributed by atoms with van der Waals surface area (Å²) in [5.41, 5.74) is 2.47. The number of rotatable bonds is 5. The van der Waals surface area contributed by atoms with Crippen LogP contribution in [0, 0.1) is 0 Å². The maximum atomic E-state index is 12.7. The van der Waals surface area contributed by atoms with Crippen LogP contribution in [0.3, 0.4) is 0 Å². The molecule has 1 aromatic heterocycles. The standard InChI is InChI=1S/C20H23N3O3/c1-21-20(25)18-13-15(19(24)23-16-7-9-26-10-8-16)12-17(22-18)11-14-5-3-2-4-6-14/h2-6,12-13,16H,7-11H2,1H3,(H,21,25)(H,23,24). The largest absolute Gasteiger partial charge is 0.381 e. The van der Waals surface area contributed by atoms with Crippen LogP contribution in [0.2, 0.25) is 0 Å². The summed E-state index contributed by atoms with van der Waals surface area (Å²) in [6, 6.07) is 13.3. The predicted octanol–water partition coefficient (Wildman–Crippen LogP) is 1.94. The molecule has 1 saturated heterocycles. The van der Waals surface area contributed by atoms with Gasteiger partial charge in [-0.1, -0.05) is 30.3 Å². The van der Waals surface area contributed by atoms with Crippen LogP contribution in [0.15, 0.2) is 42.5 Å². The summed E-state index contributed by atoms with van der Waals surface area (Å²) in [4.78, 5) is 29.1. The Labute approximate surface area is 153 Å². The SMILES string of the molecule is CNC(=O)c1cc(C(=O)NC2CCOCC2)cc(Cc2ccccc2)n1. The van der Waals surface area contributed by atoms with Crippen LogP contribution in [-0.4, -0.2) is 43.1 Å². The predicted molar refractivity (Wildman–Crippen MR) is 98.2 cm³/mol. The van der Waals surface area contributed by atoms with E-state index in [-0.39, 0.29) is 23.6 Å². The van der Waals surface area contributed by atoms with Gasteiger partial charge in [0.2, 0.25) is 0 Å². The number of benzene rings is 1. The number of hydrogen-bond acceptors (Lipinski definition) is 4. The molecule has 0 saturated carbocycles. The van der Waals surface area contributed by atoms with Crippen LogP contribution >= 0.6 is 0 Å². The molecule has 0 aliphatic carbocycles. The lowest BCUT2D eigenvalue weighted by Gasteiger charge is -2.23. The fraction of sp³-hybridized carbons (Fsp3) is 0.350. The summed E-state index contributed by atoms with van der Waals surface area (Å²) in [7, 11) is 1.55. The summed E-state index contributed by atoms with van der Waals surface area (Å²) >= 11 is 0. The minimum atomic E-state index is -0.306. The monoisotopic (exact) mass is 353 g/mol. The van der Waals surface area contributed by atoms with Crippen molar-refractivity contribution in [3.8, 4) is 0 Å². The normalized spacial score (nSPS) is 14.7. The zero-order chi connectivity index (χ0) is 18.4. The van der Waals surface area contributed by atoms with Crippen molar-refractivity contribution < 1.29 is 14.3 Å². The number of nitrogens with one attached hydrogen (secondary N) is 2. The van der Waals surface area contributed by atoms with Crippen LogP contribution in [0.4, 0.5) is 0 Å². The number of hydrogen-bond donors (Lipinski definition) is 2. The van der Waals surface area contributed by atoms with Crippen molar-refractivity contribution >= 4 is 11.8 Å². The summed E-state index contributed by atoms with van der Waals surface area (Å²) in [5.74, 6) is -0.487. The highest BCUT2D eigenvalue weighted by Crippen LogP contribution is 2.13. The molecule has 0 atom stereocenters. The molecule has 0 spiro atoms. The number of ether oxygens (including phenoxy) is 1. The van der Waals surface area contributed by atoms with Gasteiger partial charge in [-0.05, 0) is 30.5 Å². The molecule has 2 aromatic rings. The van der Waals surface area contributed by atoms with Crippen molar-refractivity contribution in [1.82, 2.24) is 15.6 Å². The van der Waals surface area contributed by atoms with Gasteiger partial charge >= 0.3 is 0 Å². The summed E-state index contributed by atoms with van der Waals surface area (Å²) in [5, 5.41) is 5.60. The van der Waals surface area contributed by atoms with E-state index in [9.17, 15) is 9.59 Å². The molecule has 1 aliphatic rings. The highest BCUT2D eigenvalue weighted by atomic mass is 16.5. The number of carbonyl (C=O) groups is 2. The summed E-state index contributed by atoms with van der Waals surface area (Å²) in [6.45, 7) is 1.31. The first-order valence-electron chi connectivity index (χ1n) is 8.81. The molecule has 6 nitrogen and oxygen atoms in total. The van der Waals surface area contributed by atoms with Gasteiger partial charge in [-0.25, -0.2) is 4.98 Å². The molecule has 1 fully saturated rings. The van der Waals surface area contributed by atoms with Gasteiger partial charge in [-0.2, -0.15) is 0 Å². The van der Waals surface area contributed by atoms with Crippen LogP contribution in [0.5, 0.6) is 0 Å². The molecule has 2 heterocycles. The zero-order valence-corrected chi connectivity index (χ0v) is 14.8. The third-order valence-corrected chi connectivity index (χ3v) is 4.38. The Morgan fingerprint density at radius 3 is 2.54 bits per heavy atom.